The molecule has 0 radical (unpaired) electrons. The van der Waals surface area contributed by atoms with Gasteiger partial charge in [-0.2, -0.15) is 4.31 Å². The van der Waals surface area contributed by atoms with E-state index in [1.54, 1.807) is 10.4 Å². The topological polar surface area (TPSA) is 40.6 Å². The molecule has 0 saturated carbocycles. The third kappa shape index (κ3) is 2.71. The molecule has 2 fully saturated rings. The number of fused-ring (bicyclic) bond motifs is 4. The number of benzene rings is 1. The van der Waals surface area contributed by atoms with Crippen LogP contribution in [0.2, 0.25) is 0 Å². The summed E-state index contributed by atoms with van der Waals surface area (Å²) >= 11 is 0. The molecule has 3 unspecified atom stereocenters. The molecule has 0 amide bonds. The maximum atomic E-state index is 13.5. The number of sulfonamides is 1. The van der Waals surface area contributed by atoms with Crippen molar-refractivity contribution in [3.63, 3.8) is 0 Å². The van der Waals surface area contributed by atoms with Crippen molar-refractivity contribution in [2.75, 3.05) is 25.9 Å². The lowest BCUT2D eigenvalue weighted by Crippen LogP contribution is -2.57. The standard InChI is InChI=1S/C17H23FN2O2S/c1-23(21,22)20-7-2-3-13-11-19-8-6-12-9-14(18)4-5-15(12)17(19)10-16(13)20/h4-5,9,13,16-17H,2-3,6-8,10-11H2,1H3. The molecule has 0 spiro atoms. The van der Waals surface area contributed by atoms with Crippen LogP contribution in [0.25, 0.3) is 0 Å². The Kier molecular flexibility index (Phi) is 3.74. The van der Waals surface area contributed by atoms with Gasteiger partial charge in [0.15, 0.2) is 0 Å². The smallest absolute Gasteiger partial charge is 0.211 e. The molecule has 3 aliphatic rings. The molecule has 3 aliphatic heterocycles. The average Bonchev–Trinajstić information content (AvgIpc) is 2.51. The van der Waals surface area contributed by atoms with E-state index in [1.807, 2.05) is 6.07 Å². The van der Waals surface area contributed by atoms with E-state index in [4.69, 9.17) is 0 Å². The van der Waals surface area contributed by atoms with Crippen LogP contribution in [-0.4, -0.2) is 49.6 Å². The van der Waals surface area contributed by atoms with Crippen LogP contribution in [0.4, 0.5) is 4.39 Å². The molecular weight excluding hydrogens is 315 g/mol. The highest BCUT2D eigenvalue weighted by atomic mass is 32.2. The van der Waals surface area contributed by atoms with Crippen LogP contribution in [0.1, 0.15) is 36.4 Å². The van der Waals surface area contributed by atoms with Crippen LogP contribution >= 0.6 is 0 Å². The van der Waals surface area contributed by atoms with Gasteiger partial charge in [0.1, 0.15) is 5.82 Å². The van der Waals surface area contributed by atoms with Crippen LogP contribution in [0.5, 0.6) is 0 Å². The summed E-state index contributed by atoms with van der Waals surface area (Å²) in [7, 11) is -3.16. The minimum atomic E-state index is -3.16. The SMILES string of the molecule is CS(=O)(=O)N1CCCC2CN3CCc4cc(F)ccc4C3CC21. The normalized spacial score (nSPS) is 32.0. The predicted octanol–water partition coefficient (Wildman–Crippen LogP) is 2.17. The van der Waals surface area contributed by atoms with Crippen molar-refractivity contribution < 1.29 is 12.8 Å². The lowest BCUT2D eigenvalue weighted by Gasteiger charge is -2.51. The van der Waals surface area contributed by atoms with Crippen LogP contribution in [0, 0.1) is 11.7 Å². The van der Waals surface area contributed by atoms with E-state index in [1.165, 1.54) is 17.9 Å². The summed E-state index contributed by atoms with van der Waals surface area (Å²) in [5, 5.41) is 0. The summed E-state index contributed by atoms with van der Waals surface area (Å²) in [5.41, 5.74) is 2.28. The molecule has 6 heteroatoms. The second kappa shape index (κ2) is 5.53. The van der Waals surface area contributed by atoms with E-state index >= 15 is 0 Å². The van der Waals surface area contributed by atoms with Gasteiger partial charge in [0.25, 0.3) is 0 Å². The second-order valence-corrected chi connectivity index (χ2v) is 9.12. The van der Waals surface area contributed by atoms with E-state index in [0.717, 1.165) is 44.3 Å². The fraction of sp³-hybridized carbons (Fsp3) is 0.647. The Bertz CT molecular complexity index is 721. The van der Waals surface area contributed by atoms with Crippen molar-refractivity contribution >= 4 is 10.0 Å². The summed E-state index contributed by atoms with van der Waals surface area (Å²) in [6.07, 6.45) is 5.10. The molecule has 0 N–H and O–H groups in total. The molecule has 0 bridgehead atoms. The van der Waals surface area contributed by atoms with Gasteiger partial charge in [-0.15, -0.1) is 0 Å². The van der Waals surface area contributed by atoms with Gasteiger partial charge < -0.3 is 0 Å². The van der Waals surface area contributed by atoms with E-state index in [2.05, 4.69) is 4.90 Å². The maximum absolute atomic E-state index is 13.5. The average molecular weight is 338 g/mol. The Hall–Kier alpha value is -0.980. The fourth-order valence-electron chi connectivity index (χ4n) is 4.79. The number of hydrogen-bond acceptors (Lipinski definition) is 3. The predicted molar refractivity (Wildman–Crippen MR) is 87.1 cm³/mol. The zero-order valence-electron chi connectivity index (χ0n) is 13.4. The van der Waals surface area contributed by atoms with Crippen LogP contribution in [-0.2, 0) is 16.4 Å². The zero-order chi connectivity index (χ0) is 16.2. The number of nitrogens with zero attached hydrogens (tertiary/aromatic N) is 2. The molecule has 3 atom stereocenters. The summed E-state index contributed by atoms with van der Waals surface area (Å²) in [4.78, 5) is 2.48. The molecule has 0 aliphatic carbocycles. The van der Waals surface area contributed by atoms with Gasteiger partial charge in [-0.25, -0.2) is 12.8 Å². The first-order chi connectivity index (χ1) is 10.9. The van der Waals surface area contributed by atoms with Crippen LogP contribution in [0.3, 0.4) is 0 Å². The van der Waals surface area contributed by atoms with Gasteiger partial charge in [0.2, 0.25) is 10.0 Å². The quantitative estimate of drug-likeness (QED) is 0.788. The molecular formula is C17H23FN2O2S. The van der Waals surface area contributed by atoms with Crippen molar-refractivity contribution in [3.8, 4) is 0 Å². The van der Waals surface area contributed by atoms with Gasteiger partial charge in [-0.05, 0) is 54.9 Å². The Morgan fingerprint density at radius 1 is 1.26 bits per heavy atom. The van der Waals surface area contributed by atoms with Crippen molar-refractivity contribution in [2.45, 2.75) is 37.8 Å². The van der Waals surface area contributed by atoms with Gasteiger partial charge >= 0.3 is 0 Å². The molecule has 1 aromatic rings. The van der Waals surface area contributed by atoms with E-state index in [0.29, 0.717) is 12.5 Å². The van der Waals surface area contributed by atoms with E-state index < -0.39 is 10.0 Å². The fourth-order valence-corrected chi connectivity index (χ4v) is 6.01. The van der Waals surface area contributed by atoms with Gasteiger partial charge in [-0.3, -0.25) is 4.90 Å². The second-order valence-electron chi connectivity index (χ2n) is 7.18. The first-order valence-corrected chi connectivity index (χ1v) is 10.3. The highest BCUT2D eigenvalue weighted by Gasteiger charge is 2.44. The molecule has 126 valence electrons. The highest BCUT2D eigenvalue weighted by molar-refractivity contribution is 7.88. The third-order valence-corrected chi connectivity index (χ3v) is 7.11. The van der Waals surface area contributed by atoms with Gasteiger partial charge in [0.05, 0.1) is 6.26 Å². The summed E-state index contributed by atoms with van der Waals surface area (Å²) < 4.78 is 39.5. The molecule has 2 saturated heterocycles. The number of halogens is 1. The molecule has 1 aromatic carbocycles. The number of hydrogen-bond donors (Lipinski definition) is 0. The largest absolute Gasteiger partial charge is 0.296 e. The van der Waals surface area contributed by atoms with E-state index in [-0.39, 0.29) is 17.9 Å². The van der Waals surface area contributed by atoms with E-state index in [9.17, 15) is 12.8 Å². The van der Waals surface area contributed by atoms with Gasteiger partial charge in [-0.1, -0.05) is 6.07 Å². The van der Waals surface area contributed by atoms with Crippen molar-refractivity contribution in [2.24, 2.45) is 5.92 Å². The molecule has 4 rings (SSSR count). The monoisotopic (exact) mass is 338 g/mol. The zero-order valence-corrected chi connectivity index (χ0v) is 14.2. The summed E-state index contributed by atoms with van der Waals surface area (Å²) in [5.74, 6) is 0.248. The van der Waals surface area contributed by atoms with Crippen molar-refractivity contribution in [1.29, 1.82) is 0 Å². The number of rotatable bonds is 1. The third-order valence-electron chi connectivity index (χ3n) is 5.80. The lowest BCUT2D eigenvalue weighted by atomic mass is 9.77. The summed E-state index contributed by atoms with van der Waals surface area (Å²) in [6.45, 7) is 2.55. The van der Waals surface area contributed by atoms with Gasteiger partial charge in [0, 0.05) is 31.7 Å². The minimum Gasteiger partial charge on any atom is -0.296 e. The Labute approximate surface area is 137 Å². The van der Waals surface area contributed by atoms with Crippen molar-refractivity contribution in [3.05, 3.63) is 35.1 Å². The minimum absolute atomic E-state index is 0.0935. The molecule has 0 aromatic heterocycles. The Morgan fingerprint density at radius 2 is 2.09 bits per heavy atom. The Morgan fingerprint density at radius 3 is 2.87 bits per heavy atom. The molecule has 4 nitrogen and oxygen atoms in total. The summed E-state index contributed by atoms with van der Waals surface area (Å²) in [6, 6.07) is 5.39. The highest BCUT2D eigenvalue weighted by Crippen LogP contribution is 2.43. The molecule has 3 heterocycles. The maximum Gasteiger partial charge on any atom is 0.211 e. The Balaban J connectivity index is 1.68. The number of piperidine rings is 2. The van der Waals surface area contributed by atoms with Crippen molar-refractivity contribution in [1.82, 2.24) is 9.21 Å². The van der Waals surface area contributed by atoms with Crippen LogP contribution in [0.15, 0.2) is 18.2 Å². The first-order valence-electron chi connectivity index (χ1n) is 8.42. The molecule has 23 heavy (non-hydrogen) atoms. The van der Waals surface area contributed by atoms with Crippen LogP contribution < -0.4 is 0 Å². The first kappa shape index (κ1) is 15.5. The lowest BCUT2D eigenvalue weighted by molar-refractivity contribution is 0.0222.